The lowest BCUT2D eigenvalue weighted by atomic mass is 9.98. The van der Waals surface area contributed by atoms with Crippen LogP contribution in [0.4, 0.5) is 15.8 Å². The molecule has 1 amide bonds. The van der Waals surface area contributed by atoms with Gasteiger partial charge >= 0.3 is 0 Å². The molecule has 1 atom stereocenters. The average Bonchev–Trinajstić information content (AvgIpc) is 3.16. The van der Waals surface area contributed by atoms with Crippen LogP contribution in [0.3, 0.4) is 0 Å². The van der Waals surface area contributed by atoms with E-state index in [1.54, 1.807) is 12.3 Å². The highest BCUT2D eigenvalue weighted by molar-refractivity contribution is 6.11. The normalized spacial score (nSPS) is 23.8. The molecular weight excluding hydrogens is 315 g/mol. The van der Waals surface area contributed by atoms with Crippen molar-refractivity contribution in [3.63, 3.8) is 0 Å². The average molecular weight is 330 g/mol. The Hall–Kier alpha value is -2.35. The molecule has 6 nitrogen and oxygen atoms in total. The topological polar surface area (TPSA) is 71.9 Å². The number of benzene rings is 1. The summed E-state index contributed by atoms with van der Waals surface area (Å²) in [5.74, 6) is -1.07. The first kappa shape index (κ1) is 15.2. The highest BCUT2D eigenvalue weighted by Gasteiger charge is 2.47. The minimum Gasteiger partial charge on any atom is -0.375 e. The Balaban J connectivity index is 1.80. The van der Waals surface area contributed by atoms with E-state index in [1.165, 1.54) is 36.2 Å². The van der Waals surface area contributed by atoms with Gasteiger partial charge in [-0.3, -0.25) is 14.7 Å². The van der Waals surface area contributed by atoms with Gasteiger partial charge in [-0.05, 0) is 31.2 Å². The van der Waals surface area contributed by atoms with E-state index in [2.05, 4.69) is 4.98 Å². The molecule has 2 aliphatic rings. The summed E-state index contributed by atoms with van der Waals surface area (Å²) in [5, 5.41) is 10.5. The highest BCUT2D eigenvalue weighted by atomic mass is 19.1. The fourth-order valence-electron chi connectivity index (χ4n) is 3.04. The maximum absolute atomic E-state index is 13.5. The van der Waals surface area contributed by atoms with Crippen LogP contribution >= 0.6 is 0 Å². The third-order valence-electron chi connectivity index (χ3n) is 4.24. The number of amides is 1. The zero-order chi connectivity index (χ0) is 16.9. The van der Waals surface area contributed by atoms with Crippen molar-refractivity contribution in [2.75, 3.05) is 18.1 Å². The summed E-state index contributed by atoms with van der Waals surface area (Å²) in [6.07, 6.45) is 2.58. The third-order valence-corrected chi connectivity index (χ3v) is 4.24. The molecule has 3 heterocycles. The van der Waals surface area contributed by atoms with E-state index in [9.17, 15) is 14.3 Å². The van der Waals surface area contributed by atoms with Crippen molar-refractivity contribution in [3.8, 4) is 0 Å². The summed E-state index contributed by atoms with van der Waals surface area (Å²) < 4.78 is 24.4. The molecule has 4 rings (SSSR count). The third kappa shape index (κ3) is 2.21. The van der Waals surface area contributed by atoms with Gasteiger partial charge in [0.15, 0.2) is 11.9 Å². The van der Waals surface area contributed by atoms with Crippen LogP contribution in [0, 0.1) is 5.82 Å². The number of aromatic nitrogens is 1. The number of fused-ring (bicyclic) bond motifs is 1. The number of ether oxygens (including phenoxy) is 2. The molecule has 0 saturated carbocycles. The van der Waals surface area contributed by atoms with Crippen molar-refractivity contribution in [2.24, 2.45) is 0 Å². The molecule has 0 bridgehead atoms. The van der Waals surface area contributed by atoms with Crippen LogP contribution in [0.25, 0.3) is 0 Å². The fraction of sp³-hybridized carbons (Fsp3) is 0.294. The lowest BCUT2D eigenvalue weighted by Crippen LogP contribution is -2.35. The quantitative estimate of drug-likeness (QED) is 0.913. The van der Waals surface area contributed by atoms with E-state index in [-0.39, 0.29) is 5.56 Å². The maximum Gasteiger partial charge on any atom is 0.267 e. The van der Waals surface area contributed by atoms with Crippen LogP contribution in [-0.2, 0) is 19.9 Å². The molecule has 24 heavy (non-hydrogen) atoms. The Morgan fingerprint density at radius 1 is 1.29 bits per heavy atom. The van der Waals surface area contributed by atoms with Crippen LogP contribution in [0.1, 0.15) is 24.3 Å². The van der Waals surface area contributed by atoms with Crippen LogP contribution in [0.15, 0.2) is 36.7 Å². The van der Waals surface area contributed by atoms with E-state index < -0.39 is 23.6 Å². The van der Waals surface area contributed by atoms with E-state index in [4.69, 9.17) is 9.47 Å². The number of nitrogens with zero attached hydrogens (tertiary/aromatic N) is 2. The molecule has 1 aromatic heterocycles. The van der Waals surface area contributed by atoms with Crippen LogP contribution in [-0.4, -0.2) is 29.2 Å². The lowest BCUT2D eigenvalue weighted by Gasteiger charge is -2.20. The molecular formula is C17H15FN2O4. The van der Waals surface area contributed by atoms with Crippen LogP contribution in [0.5, 0.6) is 0 Å². The number of pyridine rings is 1. The Morgan fingerprint density at radius 3 is 2.79 bits per heavy atom. The molecule has 1 saturated heterocycles. The predicted molar refractivity (Wildman–Crippen MR) is 82.0 cm³/mol. The van der Waals surface area contributed by atoms with Crippen molar-refractivity contribution in [2.45, 2.75) is 18.8 Å². The van der Waals surface area contributed by atoms with Gasteiger partial charge < -0.3 is 14.6 Å². The summed E-state index contributed by atoms with van der Waals surface area (Å²) in [5.41, 5.74) is -0.00605. The first-order chi connectivity index (χ1) is 11.5. The summed E-state index contributed by atoms with van der Waals surface area (Å²) in [4.78, 5) is 18.2. The zero-order valence-electron chi connectivity index (χ0n) is 12.9. The lowest BCUT2D eigenvalue weighted by molar-refractivity contribution is -0.133. The SMILES string of the molecule is CC1(O)C(=O)N(c2cncc(C3OCCO3)c2)c2ccc(F)cc21. The van der Waals surface area contributed by atoms with Crippen LogP contribution < -0.4 is 4.90 Å². The number of hydrogen-bond donors (Lipinski definition) is 1. The molecule has 2 aromatic rings. The van der Waals surface area contributed by atoms with Gasteiger partial charge in [0, 0.05) is 17.3 Å². The Kier molecular flexibility index (Phi) is 3.38. The number of hydrogen-bond acceptors (Lipinski definition) is 5. The number of carbonyl (C=O) groups is 1. The Labute approximate surface area is 137 Å². The van der Waals surface area contributed by atoms with E-state index >= 15 is 0 Å². The summed E-state index contributed by atoms with van der Waals surface area (Å²) in [6.45, 7) is 2.34. The van der Waals surface area contributed by atoms with Gasteiger partial charge in [-0.2, -0.15) is 0 Å². The van der Waals surface area contributed by atoms with Crippen molar-refractivity contribution >= 4 is 17.3 Å². The molecule has 124 valence electrons. The van der Waals surface area contributed by atoms with E-state index in [1.807, 2.05) is 0 Å². The largest absolute Gasteiger partial charge is 0.375 e. The van der Waals surface area contributed by atoms with Gasteiger partial charge in [-0.25, -0.2) is 4.39 Å². The molecule has 0 radical (unpaired) electrons. The smallest absolute Gasteiger partial charge is 0.267 e. The van der Waals surface area contributed by atoms with Crippen molar-refractivity contribution in [1.82, 2.24) is 4.98 Å². The number of halogens is 1. The van der Waals surface area contributed by atoms with Crippen molar-refractivity contribution in [3.05, 3.63) is 53.6 Å². The number of rotatable bonds is 2. The van der Waals surface area contributed by atoms with Crippen LogP contribution in [0.2, 0.25) is 0 Å². The van der Waals surface area contributed by atoms with Gasteiger partial charge in [0.25, 0.3) is 5.91 Å². The fourth-order valence-corrected chi connectivity index (χ4v) is 3.04. The number of anilines is 2. The van der Waals surface area contributed by atoms with Gasteiger partial charge in [-0.1, -0.05) is 0 Å². The number of carbonyl (C=O) groups excluding carboxylic acids is 1. The monoisotopic (exact) mass is 330 g/mol. The Bertz CT molecular complexity index is 818. The first-order valence-corrected chi connectivity index (χ1v) is 7.53. The van der Waals surface area contributed by atoms with Gasteiger partial charge in [-0.15, -0.1) is 0 Å². The minimum atomic E-state index is -1.80. The second kappa shape index (κ2) is 5.34. The van der Waals surface area contributed by atoms with E-state index in [0.29, 0.717) is 30.2 Å². The molecule has 1 fully saturated rings. The second-order valence-electron chi connectivity index (χ2n) is 5.92. The zero-order valence-corrected chi connectivity index (χ0v) is 12.9. The summed E-state index contributed by atoms with van der Waals surface area (Å²) in [6, 6.07) is 5.61. The van der Waals surface area contributed by atoms with Gasteiger partial charge in [0.05, 0.1) is 30.8 Å². The summed E-state index contributed by atoms with van der Waals surface area (Å²) >= 11 is 0. The van der Waals surface area contributed by atoms with Crippen molar-refractivity contribution in [1.29, 1.82) is 0 Å². The van der Waals surface area contributed by atoms with E-state index in [0.717, 1.165) is 0 Å². The summed E-state index contributed by atoms with van der Waals surface area (Å²) in [7, 11) is 0. The molecule has 1 N–H and O–H groups in total. The molecule has 7 heteroatoms. The highest BCUT2D eigenvalue weighted by Crippen LogP contribution is 2.44. The molecule has 1 unspecified atom stereocenters. The maximum atomic E-state index is 13.5. The molecule has 0 spiro atoms. The minimum absolute atomic E-state index is 0.228. The second-order valence-corrected chi connectivity index (χ2v) is 5.92. The Morgan fingerprint density at radius 2 is 2.04 bits per heavy atom. The van der Waals surface area contributed by atoms with Gasteiger partial charge in [0.2, 0.25) is 0 Å². The molecule has 1 aromatic carbocycles. The predicted octanol–water partition coefficient (Wildman–Crippen LogP) is 2.15. The standard InChI is InChI=1S/C17H15FN2O4/c1-17(22)13-7-11(18)2-3-14(13)20(16(17)21)12-6-10(8-19-9-12)15-23-4-5-24-15/h2-3,6-9,15,22H,4-5H2,1H3. The van der Waals surface area contributed by atoms with Gasteiger partial charge in [0.1, 0.15) is 5.82 Å². The first-order valence-electron chi connectivity index (χ1n) is 7.53. The molecule has 0 aliphatic carbocycles. The van der Waals surface area contributed by atoms with Crippen molar-refractivity contribution < 1.29 is 23.8 Å². The molecule has 2 aliphatic heterocycles. The number of aliphatic hydroxyl groups is 1.